The summed E-state index contributed by atoms with van der Waals surface area (Å²) in [6.07, 6.45) is 0.0210. The lowest BCUT2D eigenvalue weighted by Gasteiger charge is -2.34. The Balaban J connectivity index is 1.94. The number of furan rings is 1. The van der Waals surface area contributed by atoms with Crippen LogP contribution in [0.1, 0.15) is 23.2 Å². The topological polar surface area (TPSA) is 88.9 Å². The summed E-state index contributed by atoms with van der Waals surface area (Å²) in [6, 6.07) is 3.15. The van der Waals surface area contributed by atoms with E-state index < -0.39 is 5.97 Å². The minimum Gasteiger partial charge on any atom is -0.475 e. The molecular formula is C12H18N2O4. The summed E-state index contributed by atoms with van der Waals surface area (Å²) in [5, 5.41) is 8.77. The molecule has 1 fully saturated rings. The minimum atomic E-state index is -1.04. The fraction of sp³-hybridized carbons (Fsp3) is 0.583. The van der Waals surface area contributed by atoms with Gasteiger partial charge >= 0.3 is 5.97 Å². The Bertz CT molecular complexity index is 416. The third kappa shape index (κ3) is 3.10. The molecule has 0 spiro atoms. The number of ether oxygens (including phenoxy) is 1. The third-order valence-electron chi connectivity index (χ3n) is 3.02. The van der Waals surface area contributed by atoms with Gasteiger partial charge in [0.25, 0.3) is 0 Å². The zero-order chi connectivity index (χ0) is 13.1. The molecule has 0 saturated carbocycles. The van der Waals surface area contributed by atoms with Gasteiger partial charge in [-0.15, -0.1) is 0 Å². The predicted molar refractivity (Wildman–Crippen MR) is 64.3 cm³/mol. The summed E-state index contributed by atoms with van der Waals surface area (Å²) in [4.78, 5) is 12.9. The van der Waals surface area contributed by atoms with Gasteiger partial charge in [-0.2, -0.15) is 0 Å². The summed E-state index contributed by atoms with van der Waals surface area (Å²) in [6.45, 7) is 4.68. The van der Waals surface area contributed by atoms with Crippen molar-refractivity contribution in [1.82, 2.24) is 4.90 Å². The molecule has 0 amide bonds. The van der Waals surface area contributed by atoms with E-state index >= 15 is 0 Å². The van der Waals surface area contributed by atoms with Crippen LogP contribution in [0.4, 0.5) is 0 Å². The van der Waals surface area contributed by atoms with Gasteiger partial charge in [-0.25, -0.2) is 4.79 Å². The van der Waals surface area contributed by atoms with Crippen molar-refractivity contribution in [3.8, 4) is 0 Å². The highest BCUT2D eigenvalue weighted by Gasteiger charge is 2.24. The van der Waals surface area contributed by atoms with E-state index in [1.54, 1.807) is 6.07 Å². The number of nitrogens with two attached hydrogens (primary N) is 1. The Labute approximate surface area is 105 Å². The molecular weight excluding hydrogens is 236 g/mol. The van der Waals surface area contributed by atoms with Crippen LogP contribution in [0, 0.1) is 0 Å². The van der Waals surface area contributed by atoms with Crippen LogP contribution in [0.5, 0.6) is 0 Å². The van der Waals surface area contributed by atoms with Crippen molar-refractivity contribution in [1.29, 1.82) is 0 Å². The molecule has 1 aliphatic rings. The lowest BCUT2D eigenvalue weighted by atomic mass is 10.1. The van der Waals surface area contributed by atoms with Gasteiger partial charge in [-0.1, -0.05) is 0 Å². The first kappa shape index (κ1) is 13.1. The summed E-state index contributed by atoms with van der Waals surface area (Å²) in [5.41, 5.74) is 5.81. The van der Waals surface area contributed by atoms with Gasteiger partial charge in [0.15, 0.2) is 0 Å². The average molecular weight is 254 g/mol. The summed E-state index contributed by atoms with van der Waals surface area (Å²) < 4.78 is 10.8. The molecule has 0 radical (unpaired) electrons. The molecule has 100 valence electrons. The van der Waals surface area contributed by atoms with Gasteiger partial charge in [0, 0.05) is 19.1 Å². The van der Waals surface area contributed by atoms with Gasteiger partial charge in [0.2, 0.25) is 5.76 Å². The second-order valence-corrected chi connectivity index (χ2v) is 4.57. The zero-order valence-corrected chi connectivity index (χ0v) is 10.3. The van der Waals surface area contributed by atoms with Crippen LogP contribution in [0.2, 0.25) is 0 Å². The molecule has 6 nitrogen and oxygen atoms in total. The summed E-state index contributed by atoms with van der Waals surface area (Å²) >= 11 is 0. The lowest BCUT2D eigenvalue weighted by molar-refractivity contribution is -0.0420. The normalized spacial score (nSPS) is 22.9. The average Bonchev–Trinajstić information content (AvgIpc) is 2.78. The van der Waals surface area contributed by atoms with Gasteiger partial charge in [-0.3, -0.25) is 4.90 Å². The van der Waals surface area contributed by atoms with Gasteiger partial charge < -0.3 is 20.0 Å². The maximum absolute atomic E-state index is 10.7. The molecule has 0 aliphatic carbocycles. The Kier molecular flexibility index (Phi) is 4.00. The van der Waals surface area contributed by atoms with Crippen LogP contribution >= 0.6 is 0 Å². The van der Waals surface area contributed by atoms with Crippen LogP contribution in [0.3, 0.4) is 0 Å². The van der Waals surface area contributed by atoms with Crippen molar-refractivity contribution in [3.05, 3.63) is 23.7 Å². The highest BCUT2D eigenvalue weighted by molar-refractivity contribution is 5.84. The number of carboxylic acids is 1. The molecule has 0 bridgehead atoms. The molecule has 2 rings (SSSR count). The zero-order valence-electron chi connectivity index (χ0n) is 10.3. The van der Waals surface area contributed by atoms with Crippen LogP contribution in [-0.4, -0.2) is 47.8 Å². The molecule has 3 N–H and O–H groups in total. The second kappa shape index (κ2) is 5.51. The first-order chi connectivity index (χ1) is 8.56. The molecule has 6 heteroatoms. The van der Waals surface area contributed by atoms with Crippen molar-refractivity contribution in [2.45, 2.75) is 25.6 Å². The number of morpholine rings is 1. The molecule has 1 saturated heterocycles. The monoisotopic (exact) mass is 254 g/mol. The first-order valence-electron chi connectivity index (χ1n) is 5.98. The Morgan fingerprint density at radius 1 is 1.67 bits per heavy atom. The van der Waals surface area contributed by atoms with E-state index in [1.807, 2.05) is 6.92 Å². The largest absolute Gasteiger partial charge is 0.475 e. The highest BCUT2D eigenvalue weighted by atomic mass is 16.5. The molecule has 18 heavy (non-hydrogen) atoms. The Hall–Kier alpha value is -1.37. The fourth-order valence-electron chi connectivity index (χ4n) is 1.99. The lowest BCUT2D eigenvalue weighted by Crippen LogP contribution is -2.49. The van der Waals surface area contributed by atoms with Crippen LogP contribution in [0.15, 0.2) is 16.5 Å². The maximum atomic E-state index is 10.7. The fourth-order valence-corrected chi connectivity index (χ4v) is 1.99. The number of aromatic carboxylic acids is 1. The Morgan fingerprint density at radius 2 is 2.44 bits per heavy atom. The summed E-state index contributed by atoms with van der Waals surface area (Å²) in [5.74, 6) is -0.420. The molecule has 0 aromatic carbocycles. The number of hydrogen-bond donors (Lipinski definition) is 2. The molecule has 1 aliphatic heterocycles. The number of nitrogens with zero attached hydrogens (tertiary/aromatic N) is 1. The van der Waals surface area contributed by atoms with E-state index in [1.165, 1.54) is 6.07 Å². The maximum Gasteiger partial charge on any atom is 0.371 e. The number of carboxylic acid groups (broad SMARTS) is 1. The highest BCUT2D eigenvalue weighted by Crippen LogP contribution is 2.14. The van der Waals surface area contributed by atoms with E-state index in [0.717, 1.165) is 13.1 Å². The van der Waals surface area contributed by atoms with Gasteiger partial charge in [0.05, 0.1) is 19.3 Å². The quantitative estimate of drug-likeness (QED) is 0.814. The van der Waals surface area contributed by atoms with Crippen LogP contribution < -0.4 is 5.73 Å². The van der Waals surface area contributed by atoms with E-state index in [-0.39, 0.29) is 17.9 Å². The molecule has 2 unspecified atom stereocenters. The predicted octanol–water partition coefficient (Wildman–Crippen LogP) is 0.526. The van der Waals surface area contributed by atoms with Gasteiger partial charge in [0.1, 0.15) is 5.76 Å². The SMILES string of the molecule is CC(N)C1CN(Cc2ccc(C(=O)O)o2)CCO1. The molecule has 2 heterocycles. The second-order valence-electron chi connectivity index (χ2n) is 4.57. The number of carbonyl (C=O) groups is 1. The molecule has 1 aromatic rings. The van der Waals surface area contributed by atoms with Crippen molar-refractivity contribution >= 4 is 5.97 Å². The van der Waals surface area contributed by atoms with Crippen LogP contribution in [0.25, 0.3) is 0 Å². The number of rotatable bonds is 4. The molecule has 2 atom stereocenters. The Morgan fingerprint density at radius 3 is 3.06 bits per heavy atom. The van der Waals surface area contributed by atoms with Crippen molar-refractivity contribution < 1.29 is 19.1 Å². The van der Waals surface area contributed by atoms with Crippen LogP contribution in [-0.2, 0) is 11.3 Å². The van der Waals surface area contributed by atoms with E-state index in [2.05, 4.69) is 4.90 Å². The van der Waals surface area contributed by atoms with Crippen molar-refractivity contribution in [3.63, 3.8) is 0 Å². The minimum absolute atomic E-state index is 0.0148. The molecule has 1 aromatic heterocycles. The van der Waals surface area contributed by atoms with Gasteiger partial charge in [-0.05, 0) is 19.1 Å². The first-order valence-corrected chi connectivity index (χ1v) is 5.98. The smallest absolute Gasteiger partial charge is 0.371 e. The van der Waals surface area contributed by atoms with E-state index in [9.17, 15) is 4.79 Å². The van der Waals surface area contributed by atoms with E-state index in [0.29, 0.717) is 18.9 Å². The number of hydrogen-bond acceptors (Lipinski definition) is 5. The van der Waals surface area contributed by atoms with Crippen molar-refractivity contribution in [2.24, 2.45) is 5.73 Å². The standard InChI is InChI=1S/C12H18N2O4/c1-8(13)11-7-14(4-5-17-11)6-9-2-3-10(18-9)12(15)16/h2-3,8,11H,4-7,13H2,1H3,(H,15,16). The summed E-state index contributed by atoms with van der Waals surface area (Å²) in [7, 11) is 0. The third-order valence-corrected chi connectivity index (χ3v) is 3.02. The van der Waals surface area contributed by atoms with Crippen molar-refractivity contribution in [2.75, 3.05) is 19.7 Å². The van der Waals surface area contributed by atoms with E-state index in [4.69, 9.17) is 20.0 Å².